The average molecular weight is 444 g/mol. The molecular formula is C21H15Cl2N3O4. The van der Waals surface area contributed by atoms with Gasteiger partial charge in [-0.3, -0.25) is 14.9 Å². The number of ether oxygens (including phenoxy) is 1. The lowest BCUT2D eigenvalue weighted by atomic mass is 10.1. The molecule has 152 valence electrons. The first kappa shape index (κ1) is 21.3. The lowest BCUT2D eigenvalue weighted by Crippen LogP contribution is -2.17. The number of non-ortho nitro benzene ring substituents is 1. The van der Waals surface area contributed by atoms with E-state index >= 15 is 0 Å². The Hall–Kier alpha value is -3.42. The van der Waals surface area contributed by atoms with Gasteiger partial charge in [-0.2, -0.15) is 5.10 Å². The minimum atomic E-state index is -0.485. The van der Waals surface area contributed by atoms with Crippen molar-refractivity contribution < 1.29 is 14.5 Å². The number of hydrogen-bond acceptors (Lipinski definition) is 5. The van der Waals surface area contributed by atoms with Crippen molar-refractivity contribution in [3.05, 3.63) is 104 Å². The summed E-state index contributed by atoms with van der Waals surface area (Å²) in [6, 6.07) is 17.6. The second-order valence-electron chi connectivity index (χ2n) is 6.11. The Morgan fingerprint density at radius 3 is 2.43 bits per heavy atom. The van der Waals surface area contributed by atoms with E-state index in [1.807, 2.05) is 0 Å². The van der Waals surface area contributed by atoms with E-state index in [1.54, 1.807) is 42.5 Å². The fraction of sp³-hybridized carbons (Fsp3) is 0.0476. The fourth-order valence-corrected chi connectivity index (χ4v) is 2.75. The monoisotopic (exact) mass is 443 g/mol. The van der Waals surface area contributed by atoms with Crippen molar-refractivity contribution in [3.63, 3.8) is 0 Å². The summed E-state index contributed by atoms with van der Waals surface area (Å²) < 4.78 is 5.66. The SMILES string of the molecule is O=C(NN=Cc1ccc([N+](=O)[O-])cc1)c1ccc(COc2cc(Cl)ccc2Cl)cc1. The van der Waals surface area contributed by atoms with Crippen molar-refractivity contribution in [1.82, 2.24) is 5.43 Å². The van der Waals surface area contributed by atoms with Crippen LogP contribution in [0.3, 0.4) is 0 Å². The molecule has 7 nitrogen and oxygen atoms in total. The molecule has 3 aromatic carbocycles. The third kappa shape index (κ3) is 5.79. The van der Waals surface area contributed by atoms with Crippen LogP contribution in [0.4, 0.5) is 5.69 Å². The van der Waals surface area contributed by atoms with E-state index in [1.165, 1.54) is 30.5 Å². The topological polar surface area (TPSA) is 93.8 Å². The molecule has 0 fully saturated rings. The number of carbonyl (C=O) groups excluding carboxylic acids is 1. The summed E-state index contributed by atoms with van der Waals surface area (Å²) in [6.07, 6.45) is 1.40. The normalized spacial score (nSPS) is 10.7. The van der Waals surface area contributed by atoms with Crippen LogP contribution < -0.4 is 10.2 Å². The number of hydrazone groups is 1. The smallest absolute Gasteiger partial charge is 0.271 e. The number of nitrogens with zero attached hydrogens (tertiary/aromatic N) is 2. The Kier molecular flexibility index (Phi) is 7.00. The van der Waals surface area contributed by atoms with Gasteiger partial charge >= 0.3 is 0 Å². The molecule has 9 heteroatoms. The van der Waals surface area contributed by atoms with Crippen LogP contribution in [0.25, 0.3) is 0 Å². The molecule has 0 aliphatic heterocycles. The Morgan fingerprint density at radius 2 is 1.77 bits per heavy atom. The molecule has 0 spiro atoms. The number of nitro benzene ring substituents is 1. The van der Waals surface area contributed by atoms with Crippen LogP contribution in [-0.2, 0) is 6.61 Å². The van der Waals surface area contributed by atoms with Crippen LogP contribution in [0.2, 0.25) is 10.0 Å². The van der Waals surface area contributed by atoms with E-state index < -0.39 is 10.8 Å². The van der Waals surface area contributed by atoms with E-state index in [-0.39, 0.29) is 12.3 Å². The highest BCUT2D eigenvalue weighted by atomic mass is 35.5. The first-order valence-corrected chi connectivity index (χ1v) is 9.42. The Labute approximate surface area is 182 Å². The highest BCUT2D eigenvalue weighted by Crippen LogP contribution is 2.28. The summed E-state index contributed by atoms with van der Waals surface area (Å²) >= 11 is 12.0. The maximum absolute atomic E-state index is 12.2. The minimum absolute atomic E-state index is 0.0158. The van der Waals surface area contributed by atoms with Crippen molar-refractivity contribution in [3.8, 4) is 5.75 Å². The molecule has 0 aromatic heterocycles. The lowest BCUT2D eigenvalue weighted by molar-refractivity contribution is -0.384. The van der Waals surface area contributed by atoms with Gasteiger partial charge in [0.1, 0.15) is 12.4 Å². The van der Waals surface area contributed by atoms with Crippen molar-refractivity contribution >= 4 is 41.0 Å². The maximum atomic E-state index is 12.2. The van der Waals surface area contributed by atoms with Gasteiger partial charge in [-0.15, -0.1) is 0 Å². The van der Waals surface area contributed by atoms with Gasteiger partial charge in [-0.05, 0) is 47.5 Å². The van der Waals surface area contributed by atoms with Crippen molar-refractivity contribution in [2.24, 2.45) is 5.10 Å². The molecule has 30 heavy (non-hydrogen) atoms. The summed E-state index contributed by atoms with van der Waals surface area (Å²) in [5, 5.41) is 15.5. The van der Waals surface area contributed by atoms with Gasteiger partial charge in [0.15, 0.2) is 0 Å². The molecule has 0 bridgehead atoms. The molecule has 0 aliphatic carbocycles. The van der Waals surface area contributed by atoms with Crippen LogP contribution in [0.15, 0.2) is 71.8 Å². The highest BCUT2D eigenvalue weighted by molar-refractivity contribution is 6.34. The third-order valence-corrected chi connectivity index (χ3v) is 4.53. The second kappa shape index (κ2) is 9.87. The van der Waals surface area contributed by atoms with Gasteiger partial charge in [0.05, 0.1) is 16.2 Å². The van der Waals surface area contributed by atoms with Crippen LogP contribution in [0, 0.1) is 10.1 Å². The molecule has 0 heterocycles. The van der Waals surface area contributed by atoms with E-state index in [9.17, 15) is 14.9 Å². The lowest BCUT2D eigenvalue weighted by Gasteiger charge is -2.09. The zero-order valence-corrected chi connectivity index (χ0v) is 16.9. The Morgan fingerprint density at radius 1 is 1.07 bits per heavy atom. The summed E-state index contributed by atoms with van der Waals surface area (Å²) in [4.78, 5) is 22.3. The number of rotatable bonds is 7. The maximum Gasteiger partial charge on any atom is 0.271 e. The molecule has 1 N–H and O–H groups in total. The molecule has 0 saturated heterocycles. The number of nitro groups is 1. The van der Waals surface area contributed by atoms with Gasteiger partial charge in [0, 0.05) is 28.8 Å². The fourth-order valence-electron chi connectivity index (χ4n) is 2.41. The number of benzene rings is 3. The zero-order valence-electron chi connectivity index (χ0n) is 15.4. The molecular weight excluding hydrogens is 429 g/mol. The summed E-state index contributed by atoms with van der Waals surface area (Å²) in [5.41, 5.74) is 4.27. The summed E-state index contributed by atoms with van der Waals surface area (Å²) in [5.74, 6) is 0.0880. The summed E-state index contributed by atoms with van der Waals surface area (Å²) in [6.45, 7) is 0.264. The van der Waals surface area contributed by atoms with Crippen LogP contribution in [0.5, 0.6) is 5.75 Å². The van der Waals surface area contributed by atoms with Crippen molar-refractivity contribution in [2.75, 3.05) is 0 Å². The predicted molar refractivity (Wildman–Crippen MR) is 115 cm³/mol. The van der Waals surface area contributed by atoms with E-state index in [4.69, 9.17) is 27.9 Å². The van der Waals surface area contributed by atoms with Crippen molar-refractivity contribution in [1.29, 1.82) is 0 Å². The van der Waals surface area contributed by atoms with Crippen LogP contribution >= 0.6 is 23.2 Å². The molecule has 3 rings (SSSR count). The number of carbonyl (C=O) groups is 1. The number of nitrogens with one attached hydrogen (secondary N) is 1. The highest BCUT2D eigenvalue weighted by Gasteiger charge is 2.07. The zero-order chi connectivity index (χ0) is 21.5. The Balaban J connectivity index is 1.54. The predicted octanol–water partition coefficient (Wildman–Crippen LogP) is 5.24. The quantitative estimate of drug-likeness (QED) is 0.306. The van der Waals surface area contributed by atoms with E-state index in [0.717, 1.165) is 5.56 Å². The van der Waals surface area contributed by atoms with Crippen LogP contribution in [0.1, 0.15) is 21.5 Å². The molecule has 3 aromatic rings. The van der Waals surface area contributed by atoms with Gasteiger partial charge in [-0.1, -0.05) is 35.3 Å². The van der Waals surface area contributed by atoms with Crippen molar-refractivity contribution in [2.45, 2.75) is 6.61 Å². The molecule has 1 amide bonds. The Bertz CT molecular complexity index is 1080. The summed E-state index contributed by atoms with van der Waals surface area (Å²) in [7, 11) is 0. The van der Waals surface area contributed by atoms with Gasteiger partial charge in [0.25, 0.3) is 11.6 Å². The van der Waals surface area contributed by atoms with Gasteiger partial charge in [-0.25, -0.2) is 5.43 Å². The molecule has 0 aliphatic rings. The number of halogens is 2. The second-order valence-corrected chi connectivity index (χ2v) is 6.95. The molecule has 0 atom stereocenters. The van der Waals surface area contributed by atoms with E-state index in [2.05, 4.69) is 10.5 Å². The number of amides is 1. The van der Waals surface area contributed by atoms with Gasteiger partial charge < -0.3 is 4.74 Å². The first-order valence-electron chi connectivity index (χ1n) is 8.67. The standard InChI is InChI=1S/C21H15Cl2N3O4/c22-17-7-10-19(23)20(11-17)30-13-15-1-5-16(6-2-15)21(27)25-24-12-14-3-8-18(9-4-14)26(28)29/h1-12H,13H2,(H,25,27). The minimum Gasteiger partial charge on any atom is -0.487 e. The van der Waals surface area contributed by atoms with E-state index in [0.29, 0.717) is 26.9 Å². The average Bonchev–Trinajstić information content (AvgIpc) is 2.75. The largest absolute Gasteiger partial charge is 0.487 e. The number of hydrogen-bond donors (Lipinski definition) is 1. The molecule has 0 unspecified atom stereocenters. The molecule has 0 radical (unpaired) electrons. The van der Waals surface area contributed by atoms with Gasteiger partial charge in [0.2, 0.25) is 0 Å². The van der Waals surface area contributed by atoms with Crippen LogP contribution in [-0.4, -0.2) is 17.0 Å². The third-order valence-electron chi connectivity index (χ3n) is 3.99. The molecule has 0 saturated carbocycles. The first-order chi connectivity index (χ1) is 14.4.